The molecule has 94 valence electrons. The van der Waals surface area contributed by atoms with Crippen LogP contribution in [0.5, 0.6) is 0 Å². The first-order valence-electron chi connectivity index (χ1n) is 5.93. The predicted molar refractivity (Wildman–Crippen MR) is 71.6 cm³/mol. The van der Waals surface area contributed by atoms with Crippen molar-refractivity contribution in [3.05, 3.63) is 47.2 Å². The number of nitrogen functional groups attached to an aromatic ring is 1. The Hall–Kier alpha value is -2.10. The Morgan fingerprint density at radius 2 is 1.89 bits per heavy atom. The molecule has 2 N–H and O–H groups in total. The fourth-order valence-electron chi connectivity index (χ4n) is 1.80. The first-order chi connectivity index (χ1) is 8.50. The summed E-state index contributed by atoms with van der Waals surface area (Å²) < 4.78 is 1.50. The third-order valence-electron chi connectivity index (χ3n) is 3.07. The van der Waals surface area contributed by atoms with Gasteiger partial charge in [0, 0.05) is 12.6 Å². The maximum atomic E-state index is 12.2. The van der Waals surface area contributed by atoms with Crippen LogP contribution in [0, 0.1) is 0 Å². The van der Waals surface area contributed by atoms with Crippen LogP contribution in [0.3, 0.4) is 0 Å². The molecule has 0 aliphatic heterocycles. The molecule has 0 amide bonds. The third kappa shape index (κ3) is 2.14. The van der Waals surface area contributed by atoms with Crippen molar-refractivity contribution in [1.82, 2.24) is 9.78 Å². The van der Waals surface area contributed by atoms with E-state index in [4.69, 9.17) is 5.73 Å². The highest BCUT2D eigenvalue weighted by Crippen LogP contribution is 2.19. The van der Waals surface area contributed by atoms with E-state index in [0.717, 1.165) is 0 Å². The molecule has 1 aromatic heterocycles. The van der Waals surface area contributed by atoms with Gasteiger partial charge in [0.15, 0.2) is 5.78 Å². The maximum Gasteiger partial charge on any atom is 0.198 e. The van der Waals surface area contributed by atoms with Crippen molar-refractivity contribution < 1.29 is 4.79 Å². The number of aromatic nitrogens is 2. The Labute approximate surface area is 106 Å². The molecule has 0 aliphatic rings. The number of anilines is 1. The van der Waals surface area contributed by atoms with Gasteiger partial charge >= 0.3 is 0 Å². The van der Waals surface area contributed by atoms with Crippen molar-refractivity contribution in [1.29, 1.82) is 0 Å². The summed E-state index contributed by atoms with van der Waals surface area (Å²) in [7, 11) is 1.72. The van der Waals surface area contributed by atoms with Gasteiger partial charge in [-0.25, -0.2) is 0 Å². The molecule has 0 bridgehead atoms. The molecular weight excluding hydrogens is 226 g/mol. The van der Waals surface area contributed by atoms with Crippen LogP contribution in [-0.2, 0) is 7.05 Å². The molecule has 0 aliphatic carbocycles. The second-order valence-electron chi connectivity index (χ2n) is 4.67. The van der Waals surface area contributed by atoms with Crippen LogP contribution in [0.15, 0.2) is 30.5 Å². The summed E-state index contributed by atoms with van der Waals surface area (Å²) in [6.07, 6.45) is 1.51. The summed E-state index contributed by atoms with van der Waals surface area (Å²) in [5, 5.41) is 3.98. The summed E-state index contributed by atoms with van der Waals surface area (Å²) >= 11 is 0. The number of nitrogens with two attached hydrogens (primary N) is 1. The molecule has 0 atom stereocenters. The zero-order valence-electron chi connectivity index (χ0n) is 10.8. The number of hydrogen-bond acceptors (Lipinski definition) is 3. The topological polar surface area (TPSA) is 60.9 Å². The Kier molecular flexibility index (Phi) is 3.19. The Bertz CT molecular complexity index is 567. The lowest BCUT2D eigenvalue weighted by Crippen LogP contribution is -2.06. The predicted octanol–water partition coefficient (Wildman–Crippen LogP) is 2.36. The van der Waals surface area contributed by atoms with Gasteiger partial charge in [0.2, 0.25) is 0 Å². The van der Waals surface area contributed by atoms with Crippen molar-refractivity contribution in [3.63, 3.8) is 0 Å². The van der Waals surface area contributed by atoms with Crippen molar-refractivity contribution in [2.45, 2.75) is 19.8 Å². The number of carbonyl (C=O) groups is 1. The van der Waals surface area contributed by atoms with Gasteiger partial charge in [-0.05, 0) is 11.5 Å². The Balaban J connectivity index is 2.32. The number of aryl methyl sites for hydroxylation is 1. The number of carbonyl (C=O) groups excluding carboxylic acids is 1. The minimum Gasteiger partial charge on any atom is -0.383 e. The highest BCUT2D eigenvalue weighted by molar-refractivity contribution is 6.11. The van der Waals surface area contributed by atoms with Crippen LogP contribution in [0.2, 0.25) is 0 Å². The SMILES string of the molecule is CC(C)c1ccc(C(=O)c2cnn(C)c2N)cc1. The van der Waals surface area contributed by atoms with E-state index in [1.54, 1.807) is 7.05 Å². The molecule has 4 nitrogen and oxygen atoms in total. The van der Waals surface area contributed by atoms with E-state index in [-0.39, 0.29) is 5.78 Å². The van der Waals surface area contributed by atoms with E-state index < -0.39 is 0 Å². The zero-order chi connectivity index (χ0) is 13.3. The molecule has 18 heavy (non-hydrogen) atoms. The fraction of sp³-hybridized carbons (Fsp3) is 0.286. The number of ketones is 1. The van der Waals surface area contributed by atoms with Gasteiger partial charge in [0.25, 0.3) is 0 Å². The summed E-state index contributed by atoms with van der Waals surface area (Å²) in [5.41, 5.74) is 8.10. The Morgan fingerprint density at radius 3 is 2.33 bits per heavy atom. The van der Waals surface area contributed by atoms with E-state index in [0.29, 0.717) is 22.9 Å². The van der Waals surface area contributed by atoms with Crippen molar-refractivity contribution in [2.24, 2.45) is 7.05 Å². The average molecular weight is 243 g/mol. The van der Waals surface area contributed by atoms with E-state index in [1.807, 2.05) is 24.3 Å². The van der Waals surface area contributed by atoms with E-state index in [9.17, 15) is 4.79 Å². The molecule has 1 aromatic carbocycles. The Morgan fingerprint density at radius 1 is 1.28 bits per heavy atom. The lowest BCUT2D eigenvalue weighted by Gasteiger charge is -2.06. The van der Waals surface area contributed by atoms with Gasteiger partial charge in [-0.1, -0.05) is 38.1 Å². The van der Waals surface area contributed by atoms with Crippen molar-refractivity contribution >= 4 is 11.6 Å². The summed E-state index contributed by atoms with van der Waals surface area (Å²) in [6, 6.07) is 7.63. The van der Waals surface area contributed by atoms with Crippen LogP contribution in [-0.4, -0.2) is 15.6 Å². The molecule has 0 fully saturated rings. The first kappa shape index (κ1) is 12.4. The third-order valence-corrected chi connectivity index (χ3v) is 3.07. The van der Waals surface area contributed by atoms with Gasteiger partial charge in [-0.2, -0.15) is 5.10 Å². The summed E-state index contributed by atoms with van der Waals surface area (Å²) in [6.45, 7) is 4.24. The smallest absolute Gasteiger partial charge is 0.198 e. The summed E-state index contributed by atoms with van der Waals surface area (Å²) in [5.74, 6) is 0.765. The average Bonchev–Trinajstić information content (AvgIpc) is 2.69. The van der Waals surface area contributed by atoms with Gasteiger partial charge in [-0.3, -0.25) is 9.48 Å². The van der Waals surface area contributed by atoms with Gasteiger partial charge in [-0.15, -0.1) is 0 Å². The molecule has 0 saturated heterocycles. The minimum absolute atomic E-state index is 0.0871. The van der Waals surface area contributed by atoms with Crippen molar-refractivity contribution in [3.8, 4) is 0 Å². The maximum absolute atomic E-state index is 12.2. The first-order valence-corrected chi connectivity index (χ1v) is 5.93. The van der Waals surface area contributed by atoms with Crippen LogP contribution < -0.4 is 5.73 Å². The highest BCUT2D eigenvalue weighted by atomic mass is 16.1. The molecule has 0 unspecified atom stereocenters. The van der Waals surface area contributed by atoms with Gasteiger partial charge in [0.1, 0.15) is 5.82 Å². The van der Waals surface area contributed by atoms with Crippen molar-refractivity contribution in [2.75, 3.05) is 5.73 Å². The van der Waals surface area contributed by atoms with E-state index >= 15 is 0 Å². The number of benzene rings is 1. The number of nitrogens with zero attached hydrogens (tertiary/aromatic N) is 2. The molecular formula is C14H17N3O. The van der Waals surface area contributed by atoms with Crippen LogP contribution in [0.25, 0.3) is 0 Å². The fourth-order valence-corrected chi connectivity index (χ4v) is 1.80. The largest absolute Gasteiger partial charge is 0.383 e. The molecule has 4 heteroatoms. The quantitative estimate of drug-likeness (QED) is 0.842. The standard InChI is InChI=1S/C14H17N3O/c1-9(2)10-4-6-11(7-5-10)13(18)12-8-16-17(3)14(12)15/h4-9H,15H2,1-3H3. The van der Waals surface area contributed by atoms with Crippen LogP contribution in [0.1, 0.15) is 41.3 Å². The molecule has 0 radical (unpaired) electrons. The van der Waals surface area contributed by atoms with Gasteiger partial charge < -0.3 is 5.73 Å². The number of hydrogen-bond donors (Lipinski definition) is 1. The van der Waals surface area contributed by atoms with E-state index in [1.165, 1.54) is 16.4 Å². The highest BCUT2D eigenvalue weighted by Gasteiger charge is 2.15. The zero-order valence-corrected chi connectivity index (χ0v) is 10.8. The second kappa shape index (κ2) is 4.64. The van der Waals surface area contributed by atoms with Crippen LogP contribution >= 0.6 is 0 Å². The lowest BCUT2D eigenvalue weighted by molar-refractivity contribution is 0.103. The molecule has 1 heterocycles. The molecule has 2 aromatic rings. The van der Waals surface area contributed by atoms with Crippen LogP contribution in [0.4, 0.5) is 5.82 Å². The minimum atomic E-state index is -0.0871. The van der Waals surface area contributed by atoms with Gasteiger partial charge in [0.05, 0.1) is 11.8 Å². The lowest BCUT2D eigenvalue weighted by atomic mass is 9.99. The summed E-state index contributed by atoms with van der Waals surface area (Å²) in [4.78, 5) is 12.2. The molecule has 2 rings (SSSR count). The normalized spacial score (nSPS) is 10.9. The monoisotopic (exact) mass is 243 g/mol. The molecule has 0 spiro atoms. The second-order valence-corrected chi connectivity index (χ2v) is 4.67. The van der Waals surface area contributed by atoms with E-state index in [2.05, 4.69) is 18.9 Å². The number of rotatable bonds is 3. The molecule has 0 saturated carbocycles.